The summed E-state index contributed by atoms with van der Waals surface area (Å²) in [7, 11) is 0. The average Bonchev–Trinajstić information content (AvgIpc) is 2.90. The molecule has 2 aromatic carbocycles. The molecule has 20 heavy (non-hydrogen) atoms. The molecule has 0 saturated carbocycles. The van der Waals surface area contributed by atoms with Crippen LogP contribution in [0.5, 0.6) is 0 Å². The molecular weight excluding hydrogens is 328 g/mol. The number of ketones is 1. The van der Waals surface area contributed by atoms with E-state index in [1.54, 1.807) is 18.2 Å². The van der Waals surface area contributed by atoms with Crippen LogP contribution in [0.1, 0.15) is 21.5 Å². The topological polar surface area (TPSA) is 29.1 Å². The molecule has 0 bridgehead atoms. The molecule has 0 saturated heterocycles. The highest BCUT2D eigenvalue weighted by molar-refractivity contribution is 9.10. The average molecular weight is 338 g/mol. The molecule has 0 unspecified atom stereocenters. The molecule has 5 heteroatoms. The molecule has 0 radical (unpaired) electrons. The number of fused-ring (bicyclic) bond motifs is 1. The number of halogens is 3. The molecule has 3 rings (SSSR count). The summed E-state index contributed by atoms with van der Waals surface area (Å²) < 4.78 is 27.8. The van der Waals surface area contributed by atoms with Crippen molar-refractivity contribution in [3.05, 3.63) is 63.1 Å². The van der Waals surface area contributed by atoms with Crippen LogP contribution in [0, 0.1) is 11.6 Å². The van der Waals surface area contributed by atoms with Crippen LogP contribution in [0.4, 0.5) is 14.5 Å². The van der Waals surface area contributed by atoms with Gasteiger partial charge < -0.3 is 5.32 Å². The van der Waals surface area contributed by atoms with E-state index >= 15 is 0 Å². The maximum absolute atomic E-state index is 14.0. The Balaban J connectivity index is 2.07. The van der Waals surface area contributed by atoms with Gasteiger partial charge in [0.25, 0.3) is 0 Å². The molecule has 2 aromatic rings. The lowest BCUT2D eigenvalue weighted by molar-refractivity contribution is 0.103. The predicted molar refractivity (Wildman–Crippen MR) is 76.1 cm³/mol. The lowest BCUT2D eigenvalue weighted by Gasteiger charge is -2.07. The van der Waals surface area contributed by atoms with Crippen molar-refractivity contribution in [3.8, 4) is 0 Å². The zero-order valence-corrected chi connectivity index (χ0v) is 11.9. The second-order valence-electron chi connectivity index (χ2n) is 4.60. The first-order chi connectivity index (χ1) is 9.58. The first-order valence-corrected chi connectivity index (χ1v) is 6.92. The third-order valence-corrected chi connectivity index (χ3v) is 3.96. The van der Waals surface area contributed by atoms with E-state index in [1.165, 1.54) is 6.07 Å². The maximum Gasteiger partial charge on any atom is 0.198 e. The highest BCUT2D eigenvalue weighted by atomic mass is 79.9. The van der Waals surface area contributed by atoms with Crippen LogP contribution in [0.2, 0.25) is 0 Å². The number of carbonyl (C=O) groups is 1. The first kappa shape index (κ1) is 13.2. The van der Waals surface area contributed by atoms with Crippen molar-refractivity contribution in [2.24, 2.45) is 0 Å². The summed E-state index contributed by atoms with van der Waals surface area (Å²) in [5.74, 6) is -2.36. The minimum absolute atomic E-state index is 0.0741. The summed E-state index contributed by atoms with van der Waals surface area (Å²) in [5, 5.41) is 3.17. The summed E-state index contributed by atoms with van der Waals surface area (Å²) in [5.41, 5.74) is 1.73. The van der Waals surface area contributed by atoms with Crippen LogP contribution in [0.25, 0.3) is 0 Å². The lowest BCUT2D eigenvalue weighted by Crippen LogP contribution is -2.08. The standard InChI is InChI=1S/C15H10BrF2NO/c16-10-2-3-11(17)13(14(10)18)15(20)9-1-4-12-8(7-9)5-6-19-12/h1-4,7,19H,5-6H2. The second-order valence-corrected chi connectivity index (χ2v) is 5.45. The molecular formula is C15H10BrF2NO. The van der Waals surface area contributed by atoms with Crippen molar-refractivity contribution < 1.29 is 13.6 Å². The molecule has 0 aromatic heterocycles. The predicted octanol–water partition coefficient (Wildman–Crippen LogP) is 3.93. The van der Waals surface area contributed by atoms with E-state index in [2.05, 4.69) is 21.2 Å². The van der Waals surface area contributed by atoms with Gasteiger partial charge in [-0.25, -0.2) is 8.78 Å². The van der Waals surface area contributed by atoms with Gasteiger partial charge in [-0.3, -0.25) is 4.79 Å². The van der Waals surface area contributed by atoms with Gasteiger partial charge in [-0.2, -0.15) is 0 Å². The Labute approximate surface area is 122 Å². The Morgan fingerprint density at radius 2 is 2.00 bits per heavy atom. The zero-order chi connectivity index (χ0) is 14.3. The summed E-state index contributed by atoms with van der Waals surface area (Å²) >= 11 is 2.97. The number of anilines is 1. The normalized spacial score (nSPS) is 12.9. The molecule has 0 atom stereocenters. The quantitative estimate of drug-likeness (QED) is 0.664. The van der Waals surface area contributed by atoms with Gasteiger partial charge in [-0.1, -0.05) is 0 Å². The van der Waals surface area contributed by atoms with Crippen molar-refractivity contribution in [1.82, 2.24) is 0 Å². The van der Waals surface area contributed by atoms with E-state index in [4.69, 9.17) is 0 Å². The second kappa shape index (κ2) is 4.98. The summed E-state index contributed by atoms with van der Waals surface area (Å²) in [6, 6.07) is 7.36. The Morgan fingerprint density at radius 1 is 1.20 bits per heavy atom. The molecule has 0 fully saturated rings. The number of hydrogen-bond donors (Lipinski definition) is 1. The number of rotatable bonds is 2. The number of carbonyl (C=O) groups excluding carboxylic acids is 1. The van der Waals surface area contributed by atoms with Gasteiger partial charge in [0.1, 0.15) is 5.82 Å². The van der Waals surface area contributed by atoms with Crippen molar-refractivity contribution >= 4 is 27.4 Å². The van der Waals surface area contributed by atoms with E-state index < -0.39 is 23.0 Å². The highest BCUT2D eigenvalue weighted by Crippen LogP contribution is 2.27. The largest absolute Gasteiger partial charge is 0.384 e. The fourth-order valence-electron chi connectivity index (χ4n) is 2.33. The van der Waals surface area contributed by atoms with Crippen molar-refractivity contribution in [2.75, 3.05) is 11.9 Å². The Bertz CT molecular complexity index is 715. The van der Waals surface area contributed by atoms with Gasteiger partial charge in [0.05, 0.1) is 10.0 Å². The Morgan fingerprint density at radius 3 is 2.80 bits per heavy atom. The summed E-state index contributed by atoms with van der Waals surface area (Å²) in [4.78, 5) is 12.3. The SMILES string of the molecule is O=C(c1ccc2c(c1)CCN2)c1c(F)ccc(Br)c1F. The smallest absolute Gasteiger partial charge is 0.198 e. The summed E-state index contributed by atoms with van der Waals surface area (Å²) in [6.45, 7) is 0.812. The van der Waals surface area contributed by atoms with Crippen molar-refractivity contribution in [3.63, 3.8) is 0 Å². The molecule has 1 heterocycles. The zero-order valence-electron chi connectivity index (χ0n) is 10.3. The molecule has 2 nitrogen and oxygen atoms in total. The van der Waals surface area contributed by atoms with Gasteiger partial charge in [-0.15, -0.1) is 0 Å². The van der Waals surface area contributed by atoms with Gasteiger partial charge in [0, 0.05) is 17.8 Å². The van der Waals surface area contributed by atoms with E-state index in [9.17, 15) is 13.6 Å². The molecule has 0 amide bonds. The van der Waals surface area contributed by atoms with Crippen LogP contribution in [-0.4, -0.2) is 12.3 Å². The molecule has 1 aliphatic rings. The molecule has 1 N–H and O–H groups in total. The maximum atomic E-state index is 14.0. The van der Waals surface area contributed by atoms with Crippen molar-refractivity contribution in [1.29, 1.82) is 0 Å². The fourth-order valence-corrected chi connectivity index (χ4v) is 2.66. The molecule has 0 aliphatic carbocycles. The molecule has 0 spiro atoms. The van der Waals surface area contributed by atoms with Crippen LogP contribution in [0.3, 0.4) is 0 Å². The van der Waals surface area contributed by atoms with E-state index in [1.807, 2.05) is 0 Å². The van der Waals surface area contributed by atoms with Crippen LogP contribution >= 0.6 is 15.9 Å². The number of nitrogens with one attached hydrogen (secondary N) is 1. The molecule has 1 aliphatic heterocycles. The number of hydrogen-bond acceptors (Lipinski definition) is 2. The Hall–Kier alpha value is -1.75. The van der Waals surface area contributed by atoms with Gasteiger partial charge in [0.15, 0.2) is 11.6 Å². The molecule has 102 valence electrons. The lowest BCUT2D eigenvalue weighted by atomic mass is 9.99. The van der Waals surface area contributed by atoms with Crippen LogP contribution < -0.4 is 5.32 Å². The summed E-state index contributed by atoms with van der Waals surface area (Å²) in [6.07, 6.45) is 0.805. The van der Waals surface area contributed by atoms with E-state index in [0.29, 0.717) is 5.56 Å². The van der Waals surface area contributed by atoms with E-state index in [-0.39, 0.29) is 4.47 Å². The first-order valence-electron chi connectivity index (χ1n) is 6.13. The number of benzene rings is 2. The minimum atomic E-state index is -0.867. The monoisotopic (exact) mass is 337 g/mol. The van der Waals surface area contributed by atoms with Crippen LogP contribution in [-0.2, 0) is 6.42 Å². The van der Waals surface area contributed by atoms with Crippen LogP contribution in [0.15, 0.2) is 34.8 Å². The van der Waals surface area contributed by atoms with Gasteiger partial charge in [-0.05, 0) is 58.2 Å². The van der Waals surface area contributed by atoms with Gasteiger partial charge in [0.2, 0.25) is 0 Å². The van der Waals surface area contributed by atoms with E-state index in [0.717, 1.165) is 30.3 Å². The minimum Gasteiger partial charge on any atom is -0.384 e. The fraction of sp³-hybridized carbons (Fsp3) is 0.133. The van der Waals surface area contributed by atoms with Crippen molar-refractivity contribution in [2.45, 2.75) is 6.42 Å². The Kier molecular flexibility index (Phi) is 3.30. The third kappa shape index (κ3) is 2.12. The highest BCUT2D eigenvalue weighted by Gasteiger charge is 2.22. The van der Waals surface area contributed by atoms with Gasteiger partial charge >= 0.3 is 0 Å². The third-order valence-electron chi connectivity index (χ3n) is 3.35.